The van der Waals surface area contributed by atoms with E-state index in [1.54, 1.807) is 6.07 Å². The van der Waals surface area contributed by atoms with E-state index < -0.39 is 5.97 Å². The number of nitrogen functional groups attached to an aromatic ring is 1. The van der Waals surface area contributed by atoms with Crippen molar-refractivity contribution in [3.05, 3.63) is 17.8 Å². The first-order chi connectivity index (χ1) is 8.60. The van der Waals surface area contributed by atoms with Crippen LogP contribution >= 0.6 is 0 Å². The average molecular weight is 250 g/mol. The number of pyridine rings is 1. The minimum Gasteiger partial charge on any atom is -0.465 e. The molecule has 1 atom stereocenters. The summed E-state index contributed by atoms with van der Waals surface area (Å²) in [4.78, 5) is 17.9. The topological polar surface area (TPSA) is 80.5 Å². The number of rotatable bonds is 3. The minimum atomic E-state index is -0.443. The molecule has 2 heterocycles. The Morgan fingerprint density at radius 3 is 3.06 bits per heavy atom. The van der Waals surface area contributed by atoms with Gasteiger partial charge in [0.25, 0.3) is 0 Å². The molecule has 0 aliphatic carbocycles. The molecule has 6 nitrogen and oxygen atoms in total. The quantitative estimate of drug-likeness (QED) is 0.763. The van der Waals surface area contributed by atoms with Crippen molar-refractivity contribution in [3.63, 3.8) is 0 Å². The standard InChI is InChI=1S/C12H18N4O2/c1-16-4-3-8(7-16)15-11-5-9(12(17)18-2)10(13)6-14-11/h5-6,8H,3-4,7,13H2,1-2H3,(H,14,15). The fourth-order valence-corrected chi connectivity index (χ4v) is 2.09. The van der Waals surface area contributed by atoms with Crippen LogP contribution in [-0.4, -0.2) is 49.1 Å². The molecule has 1 aromatic heterocycles. The second kappa shape index (κ2) is 5.22. The molecule has 0 aromatic carbocycles. The van der Waals surface area contributed by atoms with Gasteiger partial charge >= 0.3 is 5.97 Å². The van der Waals surface area contributed by atoms with E-state index in [-0.39, 0.29) is 0 Å². The van der Waals surface area contributed by atoms with Gasteiger partial charge < -0.3 is 20.7 Å². The number of hydrogen-bond donors (Lipinski definition) is 2. The van der Waals surface area contributed by atoms with E-state index in [1.807, 2.05) is 0 Å². The number of nitrogens with one attached hydrogen (secondary N) is 1. The van der Waals surface area contributed by atoms with Crippen molar-refractivity contribution in [1.82, 2.24) is 9.88 Å². The highest BCUT2D eigenvalue weighted by Crippen LogP contribution is 2.18. The molecule has 2 rings (SSSR count). The number of aromatic nitrogens is 1. The summed E-state index contributed by atoms with van der Waals surface area (Å²) in [6.45, 7) is 2.04. The Morgan fingerprint density at radius 2 is 2.44 bits per heavy atom. The van der Waals surface area contributed by atoms with Crippen molar-refractivity contribution in [3.8, 4) is 0 Å². The molecule has 1 aliphatic rings. The van der Waals surface area contributed by atoms with Crippen molar-refractivity contribution >= 4 is 17.5 Å². The number of ether oxygens (including phenoxy) is 1. The lowest BCUT2D eigenvalue weighted by atomic mass is 10.2. The molecule has 98 valence electrons. The van der Waals surface area contributed by atoms with Gasteiger partial charge in [0.2, 0.25) is 0 Å². The van der Waals surface area contributed by atoms with Crippen LogP contribution in [0.25, 0.3) is 0 Å². The van der Waals surface area contributed by atoms with E-state index in [9.17, 15) is 4.79 Å². The summed E-state index contributed by atoms with van der Waals surface area (Å²) in [6, 6.07) is 2.00. The van der Waals surface area contributed by atoms with Gasteiger partial charge in [0, 0.05) is 12.6 Å². The number of hydrogen-bond acceptors (Lipinski definition) is 6. The van der Waals surface area contributed by atoms with Crippen LogP contribution in [0, 0.1) is 0 Å². The summed E-state index contributed by atoms with van der Waals surface area (Å²) in [5.41, 5.74) is 6.37. The SMILES string of the molecule is COC(=O)c1cc(NC2CCN(C)C2)ncc1N. The first kappa shape index (κ1) is 12.6. The third-order valence-corrected chi connectivity index (χ3v) is 3.08. The lowest BCUT2D eigenvalue weighted by Crippen LogP contribution is -2.24. The highest BCUT2D eigenvalue weighted by atomic mass is 16.5. The van der Waals surface area contributed by atoms with Crippen LogP contribution in [0.15, 0.2) is 12.3 Å². The smallest absolute Gasteiger partial charge is 0.340 e. The van der Waals surface area contributed by atoms with Crippen LogP contribution in [-0.2, 0) is 4.74 Å². The molecule has 0 radical (unpaired) electrons. The molecule has 1 aliphatic heterocycles. The molecule has 0 saturated carbocycles. The van der Waals surface area contributed by atoms with Gasteiger partial charge in [0.05, 0.1) is 24.6 Å². The van der Waals surface area contributed by atoms with Crippen LogP contribution in [0.3, 0.4) is 0 Å². The number of nitrogens with two attached hydrogens (primary N) is 1. The van der Waals surface area contributed by atoms with E-state index in [0.29, 0.717) is 23.1 Å². The zero-order valence-electron chi connectivity index (χ0n) is 10.6. The maximum Gasteiger partial charge on any atom is 0.340 e. The lowest BCUT2D eigenvalue weighted by Gasteiger charge is -2.14. The second-order valence-electron chi connectivity index (χ2n) is 4.54. The zero-order valence-corrected chi connectivity index (χ0v) is 10.6. The molecule has 6 heteroatoms. The van der Waals surface area contributed by atoms with Crippen molar-refractivity contribution in [2.75, 3.05) is 38.3 Å². The number of carbonyl (C=O) groups excluding carboxylic acids is 1. The average Bonchev–Trinajstić information content (AvgIpc) is 2.76. The Balaban J connectivity index is 2.12. The van der Waals surface area contributed by atoms with Gasteiger partial charge in [-0.25, -0.2) is 9.78 Å². The fraction of sp³-hybridized carbons (Fsp3) is 0.500. The van der Waals surface area contributed by atoms with Crippen molar-refractivity contribution in [2.45, 2.75) is 12.5 Å². The van der Waals surface area contributed by atoms with Gasteiger partial charge in [-0.2, -0.15) is 0 Å². The van der Waals surface area contributed by atoms with Crippen molar-refractivity contribution in [1.29, 1.82) is 0 Å². The first-order valence-corrected chi connectivity index (χ1v) is 5.89. The van der Waals surface area contributed by atoms with Crippen molar-refractivity contribution < 1.29 is 9.53 Å². The summed E-state index contributed by atoms with van der Waals surface area (Å²) in [5.74, 6) is 0.214. The largest absolute Gasteiger partial charge is 0.465 e. The number of likely N-dealkylation sites (tertiary alicyclic amines) is 1. The monoisotopic (exact) mass is 250 g/mol. The summed E-state index contributed by atoms with van der Waals surface area (Å²) in [6.07, 6.45) is 2.55. The Bertz CT molecular complexity index is 450. The van der Waals surface area contributed by atoms with Gasteiger partial charge in [-0.3, -0.25) is 0 Å². The molecule has 0 spiro atoms. The maximum absolute atomic E-state index is 11.5. The summed E-state index contributed by atoms with van der Waals surface area (Å²) in [5, 5.41) is 3.30. The first-order valence-electron chi connectivity index (χ1n) is 5.89. The summed E-state index contributed by atoms with van der Waals surface area (Å²) >= 11 is 0. The Kier molecular flexibility index (Phi) is 3.66. The van der Waals surface area contributed by atoms with E-state index in [0.717, 1.165) is 19.5 Å². The van der Waals surface area contributed by atoms with Gasteiger partial charge in [0.15, 0.2) is 0 Å². The predicted molar refractivity (Wildman–Crippen MR) is 69.5 cm³/mol. The van der Waals surface area contributed by atoms with Gasteiger partial charge in [-0.1, -0.05) is 0 Å². The molecule has 1 unspecified atom stereocenters. The van der Waals surface area contributed by atoms with Crippen LogP contribution in [0.4, 0.5) is 11.5 Å². The number of methoxy groups -OCH3 is 1. The van der Waals surface area contributed by atoms with Gasteiger partial charge in [-0.15, -0.1) is 0 Å². The fourth-order valence-electron chi connectivity index (χ4n) is 2.09. The Hall–Kier alpha value is -1.82. The van der Waals surface area contributed by atoms with E-state index >= 15 is 0 Å². The predicted octanol–water partition coefficient (Wildman–Crippen LogP) is 0.566. The molecular weight excluding hydrogens is 232 g/mol. The third-order valence-electron chi connectivity index (χ3n) is 3.08. The number of nitrogens with zero attached hydrogens (tertiary/aromatic N) is 2. The van der Waals surface area contributed by atoms with Crippen LogP contribution in [0.2, 0.25) is 0 Å². The van der Waals surface area contributed by atoms with E-state index in [2.05, 4.69) is 27.0 Å². The molecule has 0 amide bonds. The zero-order chi connectivity index (χ0) is 13.1. The second-order valence-corrected chi connectivity index (χ2v) is 4.54. The highest BCUT2D eigenvalue weighted by Gasteiger charge is 2.20. The normalized spacial score (nSPS) is 19.8. The molecular formula is C12H18N4O2. The number of anilines is 2. The van der Waals surface area contributed by atoms with Crippen molar-refractivity contribution in [2.24, 2.45) is 0 Å². The number of esters is 1. The lowest BCUT2D eigenvalue weighted by molar-refractivity contribution is 0.0602. The van der Waals surface area contributed by atoms with E-state index in [1.165, 1.54) is 13.3 Å². The van der Waals surface area contributed by atoms with Gasteiger partial charge in [-0.05, 0) is 26.1 Å². The molecule has 1 saturated heterocycles. The van der Waals surface area contributed by atoms with Gasteiger partial charge in [0.1, 0.15) is 5.82 Å². The molecule has 18 heavy (non-hydrogen) atoms. The summed E-state index contributed by atoms with van der Waals surface area (Å²) < 4.78 is 4.68. The molecule has 0 bridgehead atoms. The highest BCUT2D eigenvalue weighted by molar-refractivity contribution is 5.95. The minimum absolute atomic E-state index is 0.330. The number of likely N-dealkylation sites (N-methyl/N-ethyl adjacent to an activating group) is 1. The van der Waals surface area contributed by atoms with Crippen LogP contribution in [0.1, 0.15) is 16.8 Å². The molecule has 1 aromatic rings. The summed E-state index contributed by atoms with van der Waals surface area (Å²) in [7, 11) is 3.42. The Morgan fingerprint density at radius 1 is 1.67 bits per heavy atom. The Labute approximate surface area is 106 Å². The van der Waals surface area contributed by atoms with E-state index in [4.69, 9.17) is 5.73 Å². The third kappa shape index (κ3) is 2.70. The van der Waals surface area contributed by atoms with Crippen LogP contribution < -0.4 is 11.1 Å². The molecule has 3 N–H and O–H groups in total. The van der Waals surface area contributed by atoms with Crippen LogP contribution in [0.5, 0.6) is 0 Å². The maximum atomic E-state index is 11.5. The number of carbonyl (C=O) groups is 1. The molecule has 1 fully saturated rings.